The molecule has 134 valence electrons. The van der Waals surface area contributed by atoms with E-state index in [2.05, 4.69) is 82.4 Å². The number of carbonyl (C=O) groups is 1. The molecule has 2 rings (SSSR count). The molecule has 0 aromatic heterocycles. The number of benzene rings is 2. The Bertz CT molecular complexity index is 723. The van der Waals surface area contributed by atoms with Crippen molar-refractivity contribution in [2.24, 2.45) is 0 Å². The number of hydrogen-bond donors (Lipinski definition) is 1. The molecular weight excluding hydrogens is 306 g/mol. The van der Waals surface area contributed by atoms with Crippen molar-refractivity contribution in [3.05, 3.63) is 70.3 Å². The summed E-state index contributed by atoms with van der Waals surface area (Å²) in [5.74, 6) is 0.104. The van der Waals surface area contributed by atoms with Crippen LogP contribution in [0.1, 0.15) is 68.0 Å². The Kier molecular flexibility index (Phi) is 6.05. The predicted molar refractivity (Wildman–Crippen MR) is 106 cm³/mol. The molecule has 0 radical (unpaired) electrons. The van der Waals surface area contributed by atoms with Gasteiger partial charge < -0.3 is 5.32 Å². The van der Waals surface area contributed by atoms with Crippen LogP contribution in [0.5, 0.6) is 0 Å². The lowest BCUT2D eigenvalue weighted by atomic mass is 9.86. The largest absolute Gasteiger partial charge is 0.350 e. The third-order valence-electron chi connectivity index (χ3n) is 4.73. The molecule has 1 amide bonds. The highest BCUT2D eigenvalue weighted by atomic mass is 16.1. The summed E-state index contributed by atoms with van der Waals surface area (Å²) in [4.78, 5) is 12.3. The maximum absolute atomic E-state index is 12.3. The first kappa shape index (κ1) is 19.2. The van der Waals surface area contributed by atoms with Crippen molar-refractivity contribution in [2.75, 3.05) is 0 Å². The van der Waals surface area contributed by atoms with Gasteiger partial charge in [-0.05, 0) is 54.9 Å². The minimum Gasteiger partial charge on any atom is -0.350 e. The smallest absolute Gasteiger partial charge is 0.220 e. The van der Waals surface area contributed by atoms with Gasteiger partial charge in [-0.25, -0.2) is 0 Å². The van der Waals surface area contributed by atoms with Crippen LogP contribution in [-0.2, 0) is 16.6 Å². The third-order valence-corrected chi connectivity index (χ3v) is 4.73. The van der Waals surface area contributed by atoms with E-state index in [0.29, 0.717) is 6.42 Å². The van der Waals surface area contributed by atoms with Crippen molar-refractivity contribution < 1.29 is 4.79 Å². The highest BCUT2D eigenvalue weighted by Gasteiger charge is 2.14. The normalized spacial score (nSPS) is 12.7. The standard InChI is InChI=1S/C23H31NO/c1-16-7-13-21(17(2)15-16)18(3)24-22(25)14-10-19-8-11-20(12-9-19)23(4,5)6/h7-9,11-13,15,18H,10,14H2,1-6H3,(H,24,25)/t18-/m1/s1. The number of carbonyl (C=O) groups excluding carboxylic acids is 1. The van der Waals surface area contributed by atoms with Crippen molar-refractivity contribution in [3.63, 3.8) is 0 Å². The van der Waals surface area contributed by atoms with E-state index in [1.165, 1.54) is 27.8 Å². The van der Waals surface area contributed by atoms with E-state index in [4.69, 9.17) is 0 Å². The van der Waals surface area contributed by atoms with E-state index in [1.807, 2.05) is 6.92 Å². The summed E-state index contributed by atoms with van der Waals surface area (Å²) in [5.41, 5.74) is 6.36. The van der Waals surface area contributed by atoms with E-state index in [-0.39, 0.29) is 17.4 Å². The minimum absolute atomic E-state index is 0.0383. The van der Waals surface area contributed by atoms with Crippen LogP contribution in [0.15, 0.2) is 42.5 Å². The average Bonchev–Trinajstić information content (AvgIpc) is 2.52. The summed E-state index contributed by atoms with van der Waals surface area (Å²) in [6.45, 7) is 12.9. The van der Waals surface area contributed by atoms with Crippen molar-refractivity contribution in [3.8, 4) is 0 Å². The van der Waals surface area contributed by atoms with Gasteiger partial charge in [-0.3, -0.25) is 4.79 Å². The second-order valence-corrected chi connectivity index (χ2v) is 8.10. The molecule has 2 aromatic rings. The lowest BCUT2D eigenvalue weighted by Crippen LogP contribution is -2.27. The molecule has 1 atom stereocenters. The van der Waals surface area contributed by atoms with E-state index in [1.54, 1.807) is 0 Å². The van der Waals surface area contributed by atoms with E-state index in [0.717, 1.165) is 6.42 Å². The topological polar surface area (TPSA) is 29.1 Å². The molecule has 0 saturated carbocycles. The highest BCUT2D eigenvalue weighted by Crippen LogP contribution is 2.22. The lowest BCUT2D eigenvalue weighted by molar-refractivity contribution is -0.121. The van der Waals surface area contributed by atoms with Crippen LogP contribution in [-0.4, -0.2) is 5.91 Å². The molecule has 0 aliphatic rings. The lowest BCUT2D eigenvalue weighted by Gasteiger charge is -2.19. The van der Waals surface area contributed by atoms with Crippen LogP contribution in [0.25, 0.3) is 0 Å². The predicted octanol–water partition coefficient (Wildman–Crippen LogP) is 5.41. The van der Waals surface area contributed by atoms with Gasteiger partial charge in [-0.2, -0.15) is 0 Å². The first-order valence-corrected chi connectivity index (χ1v) is 9.13. The number of amides is 1. The van der Waals surface area contributed by atoms with Crippen LogP contribution in [0.4, 0.5) is 0 Å². The van der Waals surface area contributed by atoms with Gasteiger partial charge in [0.25, 0.3) is 0 Å². The molecule has 25 heavy (non-hydrogen) atoms. The van der Waals surface area contributed by atoms with E-state index in [9.17, 15) is 4.79 Å². The zero-order valence-electron chi connectivity index (χ0n) is 16.4. The summed E-state index contributed by atoms with van der Waals surface area (Å²) in [5, 5.41) is 3.12. The Morgan fingerprint density at radius 3 is 2.24 bits per heavy atom. The highest BCUT2D eigenvalue weighted by molar-refractivity contribution is 5.76. The fraction of sp³-hybridized carbons (Fsp3) is 0.435. The summed E-state index contributed by atoms with van der Waals surface area (Å²) in [6.07, 6.45) is 1.29. The first-order valence-electron chi connectivity index (χ1n) is 9.13. The summed E-state index contributed by atoms with van der Waals surface area (Å²) < 4.78 is 0. The van der Waals surface area contributed by atoms with Crippen molar-refractivity contribution in [2.45, 2.75) is 65.8 Å². The average molecular weight is 338 g/mol. The fourth-order valence-corrected chi connectivity index (χ4v) is 3.13. The Balaban J connectivity index is 1.90. The Morgan fingerprint density at radius 2 is 1.68 bits per heavy atom. The van der Waals surface area contributed by atoms with Crippen molar-refractivity contribution in [1.82, 2.24) is 5.32 Å². The Morgan fingerprint density at radius 1 is 1.04 bits per heavy atom. The first-order chi connectivity index (χ1) is 11.7. The minimum atomic E-state index is 0.0383. The zero-order chi connectivity index (χ0) is 18.6. The molecule has 0 aliphatic heterocycles. The van der Waals surface area contributed by atoms with Crippen molar-refractivity contribution >= 4 is 5.91 Å². The van der Waals surface area contributed by atoms with Crippen LogP contribution < -0.4 is 5.32 Å². The monoisotopic (exact) mass is 337 g/mol. The van der Waals surface area contributed by atoms with Crippen LogP contribution in [0.3, 0.4) is 0 Å². The molecule has 0 heterocycles. The third kappa shape index (κ3) is 5.45. The fourth-order valence-electron chi connectivity index (χ4n) is 3.13. The number of nitrogens with one attached hydrogen (secondary N) is 1. The maximum atomic E-state index is 12.3. The number of hydrogen-bond acceptors (Lipinski definition) is 1. The second-order valence-electron chi connectivity index (χ2n) is 8.10. The summed E-state index contributed by atoms with van der Waals surface area (Å²) in [7, 11) is 0. The molecule has 2 aromatic carbocycles. The van der Waals surface area contributed by atoms with E-state index < -0.39 is 0 Å². The molecule has 0 bridgehead atoms. The van der Waals surface area contributed by atoms with Crippen LogP contribution in [0, 0.1) is 13.8 Å². The molecule has 0 fully saturated rings. The number of aryl methyl sites for hydroxylation is 3. The molecule has 0 spiro atoms. The SMILES string of the molecule is Cc1ccc([C@@H](C)NC(=O)CCc2ccc(C(C)(C)C)cc2)c(C)c1. The quantitative estimate of drug-likeness (QED) is 0.776. The van der Waals surface area contributed by atoms with Gasteiger partial charge in [0.15, 0.2) is 0 Å². The van der Waals surface area contributed by atoms with Crippen molar-refractivity contribution in [1.29, 1.82) is 0 Å². The van der Waals surface area contributed by atoms with Gasteiger partial charge in [-0.1, -0.05) is 68.8 Å². The van der Waals surface area contributed by atoms with Crippen LogP contribution in [0.2, 0.25) is 0 Å². The van der Waals surface area contributed by atoms with Gasteiger partial charge in [0.05, 0.1) is 6.04 Å². The van der Waals surface area contributed by atoms with Gasteiger partial charge in [0, 0.05) is 6.42 Å². The molecule has 1 N–H and O–H groups in total. The Labute approximate surface area is 152 Å². The molecule has 0 unspecified atom stereocenters. The van der Waals surface area contributed by atoms with Gasteiger partial charge in [0.2, 0.25) is 5.91 Å². The van der Waals surface area contributed by atoms with Crippen LogP contribution >= 0.6 is 0 Å². The summed E-state index contributed by atoms with van der Waals surface area (Å²) >= 11 is 0. The Hall–Kier alpha value is -2.09. The van der Waals surface area contributed by atoms with E-state index >= 15 is 0 Å². The van der Waals surface area contributed by atoms with Gasteiger partial charge in [-0.15, -0.1) is 0 Å². The molecular formula is C23H31NO. The molecule has 2 nitrogen and oxygen atoms in total. The maximum Gasteiger partial charge on any atom is 0.220 e. The van der Waals surface area contributed by atoms with Gasteiger partial charge >= 0.3 is 0 Å². The molecule has 2 heteroatoms. The molecule has 0 aliphatic carbocycles. The van der Waals surface area contributed by atoms with Gasteiger partial charge in [0.1, 0.15) is 0 Å². The summed E-state index contributed by atoms with van der Waals surface area (Å²) in [6, 6.07) is 15.0. The number of rotatable bonds is 5. The zero-order valence-corrected chi connectivity index (χ0v) is 16.4. The molecule has 0 saturated heterocycles. The second kappa shape index (κ2) is 7.86.